The highest BCUT2D eigenvalue weighted by molar-refractivity contribution is 7.14. The summed E-state index contributed by atoms with van der Waals surface area (Å²) in [6, 6.07) is 5.03. The number of aliphatic carboxylic acids is 1. The Labute approximate surface area is 158 Å². The van der Waals surface area contributed by atoms with Crippen LogP contribution in [0.4, 0.5) is 10.8 Å². The molecule has 2 N–H and O–H groups in total. The van der Waals surface area contributed by atoms with Crippen LogP contribution in [0, 0.1) is 5.92 Å². The molecule has 6 nitrogen and oxygen atoms in total. The van der Waals surface area contributed by atoms with Crippen LogP contribution in [0.3, 0.4) is 0 Å². The number of piperidine rings is 1. The molecule has 0 aliphatic carbocycles. The number of anilines is 2. The van der Waals surface area contributed by atoms with Crippen LogP contribution in [-0.2, 0) is 4.79 Å². The summed E-state index contributed by atoms with van der Waals surface area (Å²) in [4.78, 5) is 29.5. The van der Waals surface area contributed by atoms with Gasteiger partial charge in [-0.15, -0.1) is 11.3 Å². The lowest BCUT2D eigenvalue weighted by atomic mass is 9.98. The van der Waals surface area contributed by atoms with E-state index in [2.05, 4.69) is 10.3 Å². The van der Waals surface area contributed by atoms with E-state index in [1.54, 1.807) is 28.5 Å². The number of amides is 1. The number of aromatic nitrogens is 1. The van der Waals surface area contributed by atoms with Gasteiger partial charge in [-0.05, 0) is 31.0 Å². The van der Waals surface area contributed by atoms with Crippen LogP contribution in [0.1, 0.15) is 23.3 Å². The second-order valence-electron chi connectivity index (χ2n) is 5.72. The van der Waals surface area contributed by atoms with Gasteiger partial charge in [0.2, 0.25) is 0 Å². The van der Waals surface area contributed by atoms with Crippen LogP contribution in [0.15, 0.2) is 23.6 Å². The van der Waals surface area contributed by atoms with Gasteiger partial charge in [0.1, 0.15) is 5.69 Å². The molecule has 2 heterocycles. The van der Waals surface area contributed by atoms with Crippen molar-refractivity contribution < 1.29 is 14.7 Å². The van der Waals surface area contributed by atoms with Crippen LogP contribution in [-0.4, -0.2) is 40.0 Å². The van der Waals surface area contributed by atoms with E-state index in [0.29, 0.717) is 40.3 Å². The number of hydrogen-bond acceptors (Lipinski definition) is 5. The minimum atomic E-state index is -0.867. The van der Waals surface area contributed by atoms with Crippen LogP contribution < -0.4 is 5.32 Å². The minimum absolute atomic E-state index is 0.217. The number of carboxylic acid groups (broad SMARTS) is 1. The Morgan fingerprint density at radius 3 is 2.92 bits per heavy atom. The molecule has 1 aliphatic heterocycles. The third-order valence-electron chi connectivity index (χ3n) is 3.95. The van der Waals surface area contributed by atoms with Gasteiger partial charge in [0.15, 0.2) is 5.13 Å². The SMILES string of the molecule is O=C(O)C1CCCN(C(=O)c2csc(Nc3cc(Cl)ccc3Cl)n2)C1. The van der Waals surface area contributed by atoms with Crippen molar-refractivity contribution in [1.82, 2.24) is 9.88 Å². The van der Waals surface area contributed by atoms with Crippen molar-refractivity contribution in [1.29, 1.82) is 0 Å². The fourth-order valence-electron chi connectivity index (χ4n) is 2.66. The molecule has 1 aromatic carbocycles. The lowest BCUT2D eigenvalue weighted by Crippen LogP contribution is -2.42. The number of thiazole rings is 1. The Kier molecular flexibility index (Phi) is 5.46. The molecule has 0 spiro atoms. The Balaban J connectivity index is 1.71. The predicted octanol–water partition coefficient (Wildman–Crippen LogP) is 4.13. The second-order valence-corrected chi connectivity index (χ2v) is 7.42. The van der Waals surface area contributed by atoms with Crippen molar-refractivity contribution in [3.63, 3.8) is 0 Å². The molecule has 1 unspecified atom stereocenters. The van der Waals surface area contributed by atoms with E-state index in [1.165, 1.54) is 11.3 Å². The fraction of sp³-hybridized carbons (Fsp3) is 0.312. The summed E-state index contributed by atoms with van der Waals surface area (Å²) in [5, 5.41) is 15.4. The normalized spacial score (nSPS) is 17.4. The zero-order valence-corrected chi connectivity index (χ0v) is 15.4. The van der Waals surface area contributed by atoms with E-state index < -0.39 is 11.9 Å². The second kappa shape index (κ2) is 7.59. The van der Waals surface area contributed by atoms with Crippen LogP contribution >= 0.6 is 34.5 Å². The first-order valence-electron chi connectivity index (χ1n) is 7.63. The van der Waals surface area contributed by atoms with Crippen LogP contribution in [0.25, 0.3) is 0 Å². The van der Waals surface area contributed by atoms with Crippen molar-refractivity contribution in [3.05, 3.63) is 39.3 Å². The zero-order chi connectivity index (χ0) is 18.0. The van der Waals surface area contributed by atoms with Gasteiger partial charge < -0.3 is 15.3 Å². The number of nitrogens with one attached hydrogen (secondary N) is 1. The highest BCUT2D eigenvalue weighted by Crippen LogP contribution is 2.30. The third kappa shape index (κ3) is 4.23. The fourth-order valence-corrected chi connectivity index (χ4v) is 3.70. The maximum Gasteiger partial charge on any atom is 0.308 e. The quantitative estimate of drug-likeness (QED) is 0.807. The molecule has 132 valence electrons. The number of rotatable bonds is 4. The summed E-state index contributed by atoms with van der Waals surface area (Å²) in [6.45, 7) is 0.762. The Bertz CT molecular complexity index is 812. The van der Waals surface area contributed by atoms with Crippen molar-refractivity contribution >= 4 is 57.2 Å². The Morgan fingerprint density at radius 2 is 2.16 bits per heavy atom. The number of carbonyl (C=O) groups excluding carboxylic acids is 1. The van der Waals surface area contributed by atoms with Crippen molar-refractivity contribution in [2.75, 3.05) is 18.4 Å². The zero-order valence-electron chi connectivity index (χ0n) is 13.0. The highest BCUT2D eigenvalue weighted by atomic mass is 35.5. The summed E-state index contributed by atoms with van der Waals surface area (Å²) < 4.78 is 0. The van der Waals surface area contributed by atoms with Crippen molar-refractivity contribution in [3.8, 4) is 0 Å². The van der Waals surface area contributed by atoms with E-state index in [-0.39, 0.29) is 18.1 Å². The maximum atomic E-state index is 12.6. The molecule has 1 atom stereocenters. The molecule has 1 aromatic heterocycles. The average molecular weight is 400 g/mol. The topological polar surface area (TPSA) is 82.5 Å². The lowest BCUT2D eigenvalue weighted by Gasteiger charge is -2.30. The predicted molar refractivity (Wildman–Crippen MR) is 98.1 cm³/mol. The minimum Gasteiger partial charge on any atom is -0.481 e. The van der Waals surface area contributed by atoms with Gasteiger partial charge in [0, 0.05) is 23.5 Å². The van der Waals surface area contributed by atoms with E-state index in [0.717, 1.165) is 0 Å². The number of hydrogen-bond donors (Lipinski definition) is 2. The number of carboxylic acids is 1. The molecule has 0 radical (unpaired) electrons. The molecular formula is C16H15Cl2N3O3S. The van der Waals surface area contributed by atoms with Gasteiger partial charge in [-0.25, -0.2) is 4.98 Å². The monoisotopic (exact) mass is 399 g/mol. The summed E-state index contributed by atoms with van der Waals surface area (Å²) in [5.74, 6) is -1.64. The smallest absolute Gasteiger partial charge is 0.308 e. The number of halogens is 2. The maximum absolute atomic E-state index is 12.6. The molecule has 0 saturated carbocycles. The van der Waals surface area contributed by atoms with E-state index >= 15 is 0 Å². The summed E-state index contributed by atoms with van der Waals surface area (Å²) in [7, 11) is 0. The molecule has 3 rings (SSSR count). The molecule has 1 saturated heterocycles. The standard InChI is InChI=1S/C16H15Cl2N3O3S/c17-10-3-4-11(18)12(6-10)19-16-20-13(8-25-16)14(22)21-5-1-2-9(7-21)15(23)24/h3-4,6,8-9H,1-2,5,7H2,(H,19,20)(H,23,24). The molecule has 1 amide bonds. The van der Waals surface area contributed by atoms with Crippen LogP contribution in [0.2, 0.25) is 10.0 Å². The van der Waals surface area contributed by atoms with Gasteiger partial charge in [0.25, 0.3) is 5.91 Å². The highest BCUT2D eigenvalue weighted by Gasteiger charge is 2.29. The first kappa shape index (κ1) is 18.0. The third-order valence-corrected chi connectivity index (χ3v) is 5.27. The van der Waals surface area contributed by atoms with E-state index in [9.17, 15) is 9.59 Å². The molecule has 2 aromatic rings. The van der Waals surface area contributed by atoms with Crippen LogP contribution in [0.5, 0.6) is 0 Å². The molecule has 1 aliphatic rings. The largest absolute Gasteiger partial charge is 0.481 e. The summed E-state index contributed by atoms with van der Waals surface area (Å²) >= 11 is 13.3. The number of carbonyl (C=O) groups is 2. The molecular weight excluding hydrogens is 385 g/mol. The molecule has 25 heavy (non-hydrogen) atoms. The van der Waals surface area contributed by atoms with Gasteiger partial charge in [0.05, 0.1) is 16.6 Å². The average Bonchev–Trinajstić information content (AvgIpc) is 3.06. The Morgan fingerprint density at radius 1 is 1.36 bits per heavy atom. The lowest BCUT2D eigenvalue weighted by molar-refractivity contribution is -0.143. The molecule has 0 bridgehead atoms. The summed E-state index contributed by atoms with van der Waals surface area (Å²) in [6.07, 6.45) is 1.27. The number of nitrogens with zero attached hydrogens (tertiary/aromatic N) is 2. The van der Waals surface area contributed by atoms with Crippen molar-refractivity contribution in [2.24, 2.45) is 5.92 Å². The van der Waals surface area contributed by atoms with Gasteiger partial charge >= 0.3 is 5.97 Å². The summed E-state index contributed by atoms with van der Waals surface area (Å²) in [5.41, 5.74) is 0.892. The van der Waals surface area contributed by atoms with E-state index in [4.69, 9.17) is 28.3 Å². The van der Waals surface area contributed by atoms with Gasteiger partial charge in [-0.2, -0.15) is 0 Å². The van der Waals surface area contributed by atoms with E-state index in [1.807, 2.05) is 0 Å². The van der Waals surface area contributed by atoms with Gasteiger partial charge in [-0.3, -0.25) is 9.59 Å². The molecule has 9 heteroatoms. The number of benzene rings is 1. The van der Waals surface area contributed by atoms with Crippen molar-refractivity contribution in [2.45, 2.75) is 12.8 Å². The first-order chi connectivity index (χ1) is 11.9. The Hall–Kier alpha value is -1.83. The van der Waals surface area contributed by atoms with Gasteiger partial charge in [-0.1, -0.05) is 23.2 Å². The number of likely N-dealkylation sites (tertiary alicyclic amines) is 1. The molecule has 1 fully saturated rings. The first-order valence-corrected chi connectivity index (χ1v) is 9.27.